The minimum atomic E-state index is -0.495. The van der Waals surface area contributed by atoms with E-state index in [0.29, 0.717) is 11.4 Å². The van der Waals surface area contributed by atoms with Gasteiger partial charge in [0.1, 0.15) is 5.82 Å². The highest BCUT2D eigenvalue weighted by molar-refractivity contribution is 5.99. The van der Waals surface area contributed by atoms with Gasteiger partial charge < -0.3 is 16.4 Å². The molecule has 4 nitrogen and oxygen atoms in total. The lowest BCUT2D eigenvalue weighted by atomic mass is 10.2. The number of carbonyl (C=O) groups excluding carboxylic acids is 1. The summed E-state index contributed by atoms with van der Waals surface area (Å²) in [6.45, 7) is 0. The first-order valence-electron chi connectivity index (χ1n) is 5.32. The molecule has 0 aliphatic heterocycles. The highest BCUT2D eigenvalue weighted by Gasteiger charge is 2.04. The van der Waals surface area contributed by atoms with Crippen molar-refractivity contribution >= 4 is 23.1 Å². The monoisotopic (exact) mass is 245 g/mol. The molecule has 0 atom stereocenters. The zero-order valence-electron chi connectivity index (χ0n) is 9.48. The van der Waals surface area contributed by atoms with Crippen LogP contribution in [-0.4, -0.2) is 6.03 Å². The lowest BCUT2D eigenvalue weighted by molar-refractivity contribution is 0.262. The van der Waals surface area contributed by atoms with E-state index in [2.05, 4.69) is 10.6 Å². The number of nitrogens with one attached hydrogen (secondary N) is 2. The average molecular weight is 245 g/mol. The summed E-state index contributed by atoms with van der Waals surface area (Å²) in [6, 6.07) is 12.3. The molecule has 0 bridgehead atoms. The van der Waals surface area contributed by atoms with Crippen LogP contribution < -0.4 is 16.4 Å². The summed E-state index contributed by atoms with van der Waals surface area (Å²) in [5.41, 5.74) is 6.69. The van der Waals surface area contributed by atoms with Crippen molar-refractivity contribution < 1.29 is 9.18 Å². The minimum Gasteiger partial charge on any atom is -0.399 e. The number of hydrogen-bond acceptors (Lipinski definition) is 2. The van der Waals surface area contributed by atoms with Crippen LogP contribution in [0, 0.1) is 5.82 Å². The summed E-state index contributed by atoms with van der Waals surface area (Å²) in [4.78, 5) is 11.6. The molecule has 92 valence electrons. The van der Waals surface area contributed by atoms with Gasteiger partial charge in [-0.1, -0.05) is 18.2 Å². The molecule has 0 saturated carbocycles. The predicted molar refractivity (Wildman–Crippen MR) is 69.9 cm³/mol. The smallest absolute Gasteiger partial charge is 0.323 e. The fourth-order valence-electron chi connectivity index (χ4n) is 1.50. The molecule has 0 unspecified atom stereocenters. The van der Waals surface area contributed by atoms with Crippen molar-refractivity contribution in [3.8, 4) is 0 Å². The zero-order chi connectivity index (χ0) is 13.0. The number of urea groups is 1. The predicted octanol–water partition coefficient (Wildman–Crippen LogP) is 3.05. The third-order valence-electron chi connectivity index (χ3n) is 2.21. The first kappa shape index (κ1) is 11.9. The van der Waals surface area contributed by atoms with Gasteiger partial charge in [-0.25, -0.2) is 9.18 Å². The number of nitrogens with two attached hydrogens (primary N) is 1. The van der Waals surface area contributed by atoms with Gasteiger partial charge in [0.25, 0.3) is 0 Å². The number of amides is 2. The van der Waals surface area contributed by atoms with E-state index < -0.39 is 11.8 Å². The van der Waals surface area contributed by atoms with Gasteiger partial charge in [0.05, 0.1) is 0 Å². The summed E-state index contributed by atoms with van der Waals surface area (Å²) in [6.07, 6.45) is 0. The SMILES string of the molecule is Nc1cc(F)cc(NC(=O)Nc2ccccc2)c1. The maximum absolute atomic E-state index is 13.1. The highest BCUT2D eigenvalue weighted by Crippen LogP contribution is 2.15. The quantitative estimate of drug-likeness (QED) is 0.712. The molecule has 4 N–H and O–H groups in total. The Hall–Kier alpha value is -2.56. The largest absolute Gasteiger partial charge is 0.399 e. The third-order valence-corrected chi connectivity index (χ3v) is 2.21. The standard InChI is InChI=1S/C13H12FN3O/c14-9-6-10(15)8-12(7-9)17-13(18)16-11-4-2-1-3-5-11/h1-8H,15H2,(H2,16,17,18). The third kappa shape index (κ3) is 3.21. The minimum absolute atomic E-state index is 0.255. The molecule has 0 radical (unpaired) electrons. The first-order chi connectivity index (χ1) is 8.63. The number of benzene rings is 2. The summed E-state index contributed by atoms with van der Waals surface area (Å²) >= 11 is 0. The Bertz CT molecular complexity index is 537. The number of para-hydroxylation sites is 1. The second kappa shape index (κ2) is 5.18. The van der Waals surface area contributed by atoms with E-state index in [1.165, 1.54) is 18.2 Å². The number of halogens is 1. The molecule has 2 rings (SSSR count). The fourth-order valence-corrected chi connectivity index (χ4v) is 1.50. The van der Waals surface area contributed by atoms with E-state index >= 15 is 0 Å². The molecule has 0 aromatic heterocycles. The van der Waals surface area contributed by atoms with Crippen molar-refractivity contribution in [3.63, 3.8) is 0 Å². The van der Waals surface area contributed by atoms with Crippen LogP contribution in [0.2, 0.25) is 0 Å². The van der Waals surface area contributed by atoms with E-state index in [1.54, 1.807) is 24.3 Å². The van der Waals surface area contributed by atoms with Gasteiger partial charge in [0.2, 0.25) is 0 Å². The van der Waals surface area contributed by atoms with Crippen LogP contribution in [0.1, 0.15) is 0 Å². The molecule has 2 amide bonds. The van der Waals surface area contributed by atoms with Crippen LogP contribution in [-0.2, 0) is 0 Å². The Kier molecular flexibility index (Phi) is 3.43. The van der Waals surface area contributed by atoms with Crippen molar-refractivity contribution in [2.24, 2.45) is 0 Å². The number of anilines is 3. The molecular weight excluding hydrogens is 233 g/mol. The number of rotatable bonds is 2. The molecule has 0 aliphatic rings. The highest BCUT2D eigenvalue weighted by atomic mass is 19.1. The van der Waals surface area contributed by atoms with Crippen molar-refractivity contribution in [3.05, 3.63) is 54.3 Å². The second-order valence-electron chi connectivity index (χ2n) is 3.72. The van der Waals surface area contributed by atoms with Gasteiger partial charge >= 0.3 is 6.03 Å². The van der Waals surface area contributed by atoms with Crippen LogP contribution in [0.25, 0.3) is 0 Å². The average Bonchev–Trinajstić information content (AvgIpc) is 2.28. The Balaban J connectivity index is 2.03. The normalized spacial score (nSPS) is 9.83. The number of carbonyl (C=O) groups is 1. The maximum atomic E-state index is 13.1. The van der Waals surface area contributed by atoms with Gasteiger partial charge in [0, 0.05) is 17.1 Å². The lowest BCUT2D eigenvalue weighted by Gasteiger charge is -2.08. The van der Waals surface area contributed by atoms with Crippen LogP contribution in [0.4, 0.5) is 26.2 Å². The second-order valence-corrected chi connectivity index (χ2v) is 3.72. The topological polar surface area (TPSA) is 67.1 Å². The Morgan fingerprint density at radius 3 is 2.33 bits per heavy atom. The molecule has 2 aromatic rings. The Morgan fingerprint density at radius 1 is 1.00 bits per heavy atom. The maximum Gasteiger partial charge on any atom is 0.323 e. The number of hydrogen-bond donors (Lipinski definition) is 3. The molecular formula is C13H12FN3O. The molecule has 0 aliphatic carbocycles. The molecule has 5 heteroatoms. The van der Waals surface area contributed by atoms with E-state index in [1.807, 2.05) is 6.07 Å². The Labute approximate surface area is 104 Å². The van der Waals surface area contributed by atoms with Gasteiger partial charge in [-0.2, -0.15) is 0 Å². The van der Waals surface area contributed by atoms with Crippen molar-refractivity contribution in [2.75, 3.05) is 16.4 Å². The van der Waals surface area contributed by atoms with Gasteiger partial charge in [0.15, 0.2) is 0 Å². The zero-order valence-corrected chi connectivity index (χ0v) is 9.48. The lowest BCUT2D eigenvalue weighted by Crippen LogP contribution is -2.19. The summed E-state index contributed by atoms with van der Waals surface area (Å²) in [5, 5.41) is 5.12. The van der Waals surface area contributed by atoms with Crippen molar-refractivity contribution in [1.29, 1.82) is 0 Å². The van der Waals surface area contributed by atoms with Crippen LogP contribution in [0.15, 0.2) is 48.5 Å². The fraction of sp³-hybridized carbons (Fsp3) is 0. The van der Waals surface area contributed by atoms with E-state index in [0.717, 1.165) is 0 Å². The van der Waals surface area contributed by atoms with Crippen LogP contribution >= 0.6 is 0 Å². The molecule has 2 aromatic carbocycles. The summed E-state index contributed by atoms with van der Waals surface area (Å²) in [7, 11) is 0. The van der Waals surface area contributed by atoms with Gasteiger partial charge in [-0.05, 0) is 30.3 Å². The van der Waals surface area contributed by atoms with E-state index in [9.17, 15) is 9.18 Å². The van der Waals surface area contributed by atoms with Crippen molar-refractivity contribution in [2.45, 2.75) is 0 Å². The van der Waals surface area contributed by atoms with E-state index in [4.69, 9.17) is 5.73 Å². The molecule has 18 heavy (non-hydrogen) atoms. The van der Waals surface area contributed by atoms with Gasteiger partial charge in [-0.15, -0.1) is 0 Å². The summed E-state index contributed by atoms with van der Waals surface area (Å²) < 4.78 is 13.1. The van der Waals surface area contributed by atoms with E-state index in [-0.39, 0.29) is 5.69 Å². The summed E-state index contributed by atoms with van der Waals surface area (Å²) in [5.74, 6) is -0.495. The molecule has 0 spiro atoms. The molecule has 0 saturated heterocycles. The molecule has 0 heterocycles. The van der Waals surface area contributed by atoms with Gasteiger partial charge in [-0.3, -0.25) is 0 Å². The van der Waals surface area contributed by atoms with Crippen LogP contribution in [0.5, 0.6) is 0 Å². The molecule has 0 fully saturated rings. The Morgan fingerprint density at radius 2 is 1.67 bits per heavy atom. The first-order valence-corrected chi connectivity index (χ1v) is 5.32. The van der Waals surface area contributed by atoms with Crippen molar-refractivity contribution in [1.82, 2.24) is 0 Å². The number of nitrogen functional groups attached to an aromatic ring is 1. The van der Waals surface area contributed by atoms with Crippen LogP contribution in [0.3, 0.4) is 0 Å².